The average Bonchev–Trinajstić information content (AvgIpc) is 2.31. The Morgan fingerprint density at radius 3 is 2.50 bits per heavy atom. The molecule has 0 aromatic heterocycles. The SMILES string of the molecule is [O]CCCCc1cccc2c(Cl)cccc12. The zero-order valence-electron chi connectivity index (χ0n) is 9.08. The summed E-state index contributed by atoms with van der Waals surface area (Å²) in [6.07, 6.45) is 2.66. The first kappa shape index (κ1) is 11.4. The quantitative estimate of drug-likeness (QED) is 0.704. The van der Waals surface area contributed by atoms with Gasteiger partial charge in [0.25, 0.3) is 0 Å². The van der Waals surface area contributed by atoms with Crippen LogP contribution in [0, 0.1) is 0 Å². The summed E-state index contributed by atoms with van der Waals surface area (Å²) in [7, 11) is 0. The minimum absolute atomic E-state index is 0.0194. The molecule has 0 amide bonds. The van der Waals surface area contributed by atoms with Crippen LogP contribution in [0.3, 0.4) is 0 Å². The van der Waals surface area contributed by atoms with Crippen LogP contribution in [0.15, 0.2) is 36.4 Å². The van der Waals surface area contributed by atoms with E-state index in [-0.39, 0.29) is 6.61 Å². The van der Waals surface area contributed by atoms with Crippen LogP contribution in [0.2, 0.25) is 5.02 Å². The van der Waals surface area contributed by atoms with Crippen LogP contribution in [0.5, 0.6) is 0 Å². The second-order valence-corrected chi connectivity index (χ2v) is 4.32. The molecule has 0 bridgehead atoms. The second kappa shape index (κ2) is 5.33. The lowest BCUT2D eigenvalue weighted by atomic mass is 10.0. The highest BCUT2D eigenvalue weighted by atomic mass is 35.5. The molecule has 0 heterocycles. The molecule has 0 aliphatic carbocycles. The first-order valence-electron chi connectivity index (χ1n) is 5.57. The van der Waals surface area contributed by atoms with Crippen molar-refractivity contribution in [1.82, 2.24) is 0 Å². The number of unbranched alkanes of at least 4 members (excludes halogenated alkanes) is 1. The van der Waals surface area contributed by atoms with E-state index < -0.39 is 0 Å². The highest BCUT2D eigenvalue weighted by molar-refractivity contribution is 6.35. The van der Waals surface area contributed by atoms with Gasteiger partial charge in [0, 0.05) is 10.4 Å². The Kier molecular flexibility index (Phi) is 3.81. The lowest BCUT2D eigenvalue weighted by Crippen LogP contribution is -1.89. The fourth-order valence-corrected chi connectivity index (χ4v) is 2.21. The average molecular weight is 234 g/mol. The maximum absolute atomic E-state index is 10.4. The van der Waals surface area contributed by atoms with E-state index in [2.05, 4.69) is 12.1 Å². The molecule has 16 heavy (non-hydrogen) atoms. The van der Waals surface area contributed by atoms with Crippen molar-refractivity contribution in [3.8, 4) is 0 Å². The molecule has 0 spiro atoms. The number of rotatable bonds is 4. The zero-order valence-corrected chi connectivity index (χ0v) is 9.83. The van der Waals surface area contributed by atoms with E-state index in [1.807, 2.05) is 24.3 Å². The molecule has 1 nitrogen and oxygen atoms in total. The van der Waals surface area contributed by atoms with Crippen molar-refractivity contribution in [1.29, 1.82) is 0 Å². The predicted octanol–water partition coefficient (Wildman–Crippen LogP) is 4.25. The molecule has 0 unspecified atom stereocenters. The van der Waals surface area contributed by atoms with Crippen LogP contribution >= 0.6 is 11.6 Å². The third kappa shape index (κ3) is 2.37. The van der Waals surface area contributed by atoms with Crippen molar-refractivity contribution in [2.75, 3.05) is 6.61 Å². The molecule has 2 heteroatoms. The van der Waals surface area contributed by atoms with Crippen molar-refractivity contribution in [3.05, 3.63) is 47.0 Å². The second-order valence-electron chi connectivity index (χ2n) is 3.91. The van der Waals surface area contributed by atoms with Crippen molar-refractivity contribution < 1.29 is 5.11 Å². The largest absolute Gasteiger partial charge is 0.237 e. The highest BCUT2D eigenvalue weighted by Gasteiger charge is 2.03. The summed E-state index contributed by atoms with van der Waals surface area (Å²) in [4.78, 5) is 0. The Hall–Kier alpha value is -1.05. The Balaban J connectivity index is 2.34. The van der Waals surface area contributed by atoms with Crippen LogP contribution in [-0.4, -0.2) is 6.61 Å². The van der Waals surface area contributed by atoms with E-state index in [0.29, 0.717) is 0 Å². The summed E-state index contributed by atoms with van der Waals surface area (Å²) in [5.74, 6) is 0. The Bertz CT molecular complexity index is 479. The number of hydrogen-bond acceptors (Lipinski definition) is 0. The van der Waals surface area contributed by atoms with Gasteiger partial charge in [-0.3, -0.25) is 0 Å². The van der Waals surface area contributed by atoms with Gasteiger partial charge in [0.2, 0.25) is 0 Å². The lowest BCUT2D eigenvalue weighted by Gasteiger charge is -2.07. The van der Waals surface area contributed by atoms with Gasteiger partial charge in [0.15, 0.2) is 0 Å². The fourth-order valence-electron chi connectivity index (χ4n) is 1.97. The number of halogens is 1. The van der Waals surface area contributed by atoms with Gasteiger partial charge in [-0.15, -0.1) is 0 Å². The minimum Gasteiger partial charge on any atom is -0.237 e. The van der Waals surface area contributed by atoms with Crippen LogP contribution in [0.1, 0.15) is 18.4 Å². The predicted molar refractivity (Wildman–Crippen MR) is 67.4 cm³/mol. The van der Waals surface area contributed by atoms with Crippen molar-refractivity contribution >= 4 is 22.4 Å². The molecule has 2 rings (SSSR count). The van der Waals surface area contributed by atoms with E-state index in [4.69, 9.17) is 11.6 Å². The summed E-state index contributed by atoms with van der Waals surface area (Å²) in [6.45, 7) is 0.0194. The molecular formula is C14H14ClO. The summed E-state index contributed by atoms with van der Waals surface area (Å²) in [5, 5.41) is 13.5. The van der Waals surface area contributed by atoms with E-state index >= 15 is 0 Å². The van der Waals surface area contributed by atoms with Crippen molar-refractivity contribution in [3.63, 3.8) is 0 Å². The third-order valence-electron chi connectivity index (χ3n) is 2.80. The van der Waals surface area contributed by atoms with Gasteiger partial charge >= 0.3 is 0 Å². The van der Waals surface area contributed by atoms with Crippen LogP contribution in [-0.2, 0) is 11.5 Å². The van der Waals surface area contributed by atoms with Gasteiger partial charge in [-0.2, -0.15) is 0 Å². The molecule has 83 valence electrons. The number of aryl methyl sites for hydroxylation is 1. The Morgan fingerprint density at radius 2 is 1.69 bits per heavy atom. The topological polar surface area (TPSA) is 19.9 Å². The van der Waals surface area contributed by atoms with Gasteiger partial charge in [-0.05, 0) is 36.3 Å². The van der Waals surface area contributed by atoms with Crippen LogP contribution in [0.4, 0.5) is 0 Å². The van der Waals surface area contributed by atoms with Gasteiger partial charge in [0.1, 0.15) is 0 Å². The summed E-state index contributed by atoms with van der Waals surface area (Å²) >= 11 is 6.14. The monoisotopic (exact) mass is 233 g/mol. The standard InChI is InChI=1S/C14H14ClO/c15-14-9-4-7-12-11(5-1-2-10-16)6-3-8-13(12)14/h3-4,6-9H,1-2,5,10H2. The molecular weight excluding hydrogens is 220 g/mol. The van der Waals surface area contributed by atoms with E-state index in [1.165, 1.54) is 10.9 Å². The van der Waals surface area contributed by atoms with Crippen LogP contribution in [0.25, 0.3) is 10.8 Å². The maximum Gasteiger partial charge on any atom is 0.0822 e. The summed E-state index contributed by atoms with van der Waals surface area (Å²) < 4.78 is 0. The van der Waals surface area contributed by atoms with Crippen molar-refractivity contribution in [2.45, 2.75) is 19.3 Å². The van der Waals surface area contributed by atoms with Gasteiger partial charge < -0.3 is 0 Å². The smallest absolute Gasteiger partial charge is 0.0822 e. The molecule has 0 aliphatic heterocycles. The Labute approximate surface area is 101 Å². The van der Waals surface area contributed by atoms with Crippen LogP contribution < -0.4 is 0 Å². The normalized spacial score (nSPS) is 10.9. The van der Waals surface area contributed by atoms with Gasteiger partial charge in [-0.1, -0.05) is 41.9 Å². The molecule has 0 aliphatic rings. The molecule has 0 saturated heterocycles. The van der Waals surface area contributed by atoms with E-state index in [0.717, 1.165) is 29.7 Å². The first-order valence-corrected chi connectivity index (χ1v) is 5.95. The molecule has 1 radical (unpaired) electrons. The van der Waals surface area contributed by atoms with Gasteiger partial charge in [0.05, 0.1) is 6.61 Å². The molecule has 0 atom stereocenters. The third-order valence-corrected chi connectivity index (χ3v) is 3.13. The van der Waals surface area contributed by atoms with E-state index in [9.17, 15) is 5.11 Å². The molecule has 0 N–H and O–H groups in total. The molecule has 2 aromatic rings. The Morgan fingerprint density at radius 1 is 0.938 bits per heavy atom. The number of fused-ring (bicyclic) bond motifs is 1. The molecule has 0 fully saturated rings. The van der Waals surface area contributed by atoms with Gasteiger partial charge in [-0.25, -0.2) is 5.11 Å². The zero-order chi connectivity index (χ0) is 11.4. The fraction of sp³-hybridized carbons (Fsp3) is 0.286. The van der Waals surface area contributed by atoms with Crippen molar-refractivity contribution in [2.24, 2.45) is 0 Å². The lowest BCUT2D eigenvalue weighted by molar-refractivity contribution is 0.187. The molecule has 0 saturated carbocycles. The first-order chi connectivity index (χ1) is 7.83. The summed E-state index contributed by atoms with van der Waals surface area (Å²) in [5.41, 5.74) is 1.29. The van der Waals surface area contributed by atoms with E-state index in [1.54, 1.807) is 0 Å². The molecule has 2 aromatic carbocycles. The highest BCUT2D eigenvalue weighted by Crippen LogP contribution is 2.26. The number of hydrogen-bond donors (Lipinski definition) is 0. The minimum atomic E-state index is 0.0194. The number of benzene rings is 2. The maximum atomic E-state index is 10.4. The summed E-state index contributed by atoms with van der Waals surface area (Å²) in [6, 6.07) is 12.2.